The van der Waals surface area contributed by atoms with Crippen molar-refractivity contribution in [2.45, 2.75) is 32.4 Å². The van der Waals surface area contributed by atoms with Crippen LogP contribution in [0.25, 0.3) is 10.9 Å². The van der Waals surface area contributed by atoms with Crippen molar-refractivity contribution in [3.8, 4) is 17.2 Å². The monoisotopic (exact) mass is 576 g/mol. The molecule has 1 unspecified atom stereocenters. The lowest BCUT2D eigenvalue weighted by Gasteiger charge is -2.23. The number of halogens is 1. The normalized spacial score (nSPS) is 11.4. The minimum Gasteiger partial charge on any atom is -0.493 e. The molecule has 3 aromatic carbocycles. The molecular weight excluding hydrogens is 548 g/mol. The summed E-state index contributed by atoms with van der Waals surface area (Å²) in [5.74, 6) is -0.487. The molecule has 0 bridgehead atoms. The van der Waals surface area contributed by atoms with E-state index >= 15 is 0 Å². The molecule has 4 rings (SSSR count). The van der Waals surface area contributed by atoms with Crippen molar-refractivity contribution >= 4 is 40.3 Å². The lowest BCUT2D eigenvalue weighted by molar-refractivity contribution is -0.148. The number of amides is 1. The Kier molecular flexibility index (Phi) is 9.76. The number of nitrogens with one attached hydrogen (secondary N) is 1. The number of rotatable bonds is 11. The Morgan fingerprint density at radius 2 is 1.63 bits per heavy atom. The molecule has 1 amide bonds. The van der Waals surface area contributed by atoms with E-state index in [2.05, 4.69) is 10.3 Å². The van der Waals surface area contributed by atoms with Gasteiger partial charge in [0, 0.05) is 24.1 Å². The molecule has 1 atom stereocenters. The lowest BCUT2D eigenvalue weighted by Crippen LogP contribution is -2.28. The summed E-state index contributed by atoms with van der Waals surface area (Å²) in [6.45, 7) is 1.48. The Hall–Kier alpha value is -4.63. The zero-order chi connectivity index (χ0) is 29.4. The molecule has 4 aromatic rings. The second-order valence-corrected chi connectivity index (χ2v) is 9.45. The molecule has 41 heavy (non-hydrogen) atoms. The summed E-state index contributed by atoms with van der Waals surface area (Å²) in [5.41, 5.74) is 2.17. The highest BCUT2D eigenvalue weighted by molar-refractivity contribution is 6.35. The summed E-state index contributed by atoms with van der Waals surface area (Å²) in [5, 5.41) is 3.81. The van der Waals surface area contributed by atoms with Crippen LogP contribution in [-0.4, -0.2) is 37.0 Å². The van der Waals surface area contributed by atoms with Crippen molar-refractivity contribution in [2.75, 3.05) is 14.2 Å². The van der Waals surface area contributed by atoms with Gasteiger partial charge in [-0.25, -0.2) is 0 Å². The molecule has 0 saturated heterocycles. The molecule has 9 nitrogen and oxygen atoms in total. The van der Waals surface area contributed by atoms with Crippen LogP contribution in [0.1, 0.15) is 42.5 Å². The van der Waals surface area contributed by atoms with Gasteiger partial charge in [0.2, 0.25) is 5.91 Å². The Morgan fingerprint density at radius 1 is 0.902 bits per heavy atom. The van der Waals surface area contributed by atoms with Crippen LogP contribution in [0.2, 0.25) is 5.02 Å². The van der Waals surface area contributed by atoms with E-state index in [-0.39, 0.29) is 31.1 Å². The van der Waals surface area contributed by atoms with Gasteiger partial charge in [-0.15, -0.1) is 0 Å². The van der Waals surface area contributed by atoms with Crippen LogP contribution in [-0.2, 0) is 25.7 Å². The summed E-state index contributed by atoms with van der Waals surface area (Å²) in [4.78, 5) is 42.1. The number of methoxy groups -OCH3 is 2. The zero-order valence-corrected chi connectivity index (χ0v) is 23.6. The van der Waals surface area contributed by atoms with Crippen molar-refractivity contribution in [1.82, 2.24) is 10.3 Å². The predicted octanol–water partition coefficient (Wildman–Crippen LogP) is 5.56. The van der Waals surface area contributed by atoms with Crippen LogP contribution in [0.15, 0.2) is 72.9 Å². The number of aromatic nitrogens is 1. The minimum absolute atomic E-state index is 0.105. The molecule has 0 aliphatic heterocycles. The van der Waals surface area contributed by atoms with Gasteiger partial charge in [-0.3, -0.25) is 19.4 Å². The molecule has 0 fully saturated rings. The maximum atomic E-state index is 13.0. The molecule has 1 N–H and O–H groups in total. The number of benzene rings is 3. The van der Waals surface area contributed by atoms with Gasteiger partial charge in [0.15, 0.2) is 17.2 Å². The van der Waals surface area contributed by atoms with Crippen LogP contribution < -0.4 is 19.5 Å². The first kappa shape index (κ1) is 29.4. The third-order valence-corrected chi connectivity index (χ3v) is 6.53. The number of hydrogen-bond donors (Lipinski definition) is 1. The zero-order valence-electron chi connectivity index (χ0n) is 22.8. The second kappa shape index (κ2) is 13.6. The van der Waals surface area contributed by atoms with Crippen molar-refractivity contribution in [3.63, 3.8) is 0 Å². The molecule has 0 spiro atoms. The summed E-state index contributed by atoms with van der Waals surface area (Å²) in [7, 11) is 3.02. The predicted molar refractivity (Wildman–Crippen MR) is 153 cm³/mol. The summed E-state index contributed by atoms with van der Waals surface area (Å²) >= 11 is 6.63. The lowest BCUT2D eigenvalue weighted by atomic mass is 9.95. The summed E-state index contributed by atoms with van der Waals surface area (Å²) in [6, 6.07) is 18.7. The molecule has 0 aliphatic rings. The highest BCUT2D eigenvalue weighted by atomic mass is 35.5. The van der Waals surface area contributed by atoms with Crippen LogP contribution in [0.5, 0.6) is 17.2 Å². The Balaban J connectivity index is 1.65. The topological polar surface area (TPSA) is 113 Å². The fourth-order valence-electron chi connectivity index (χ4n) is 4.27. The smallest absolute Gasteiger partial charge is 0.311 e. The number of pyridine rings is 1. The van der Waals surface area contributed by atoms with Crippen molar-refractivity contribution in [3.05, 3.63) is 94.6 Å². The first-order valence-corrected chi connectivity index (χ1v) is 13.1. The van der Waals surface area contributed by atoms with E-state index in [1.54, 1.807) is 42.6 Å². The molecular formula is C31H29ClN2O7. The van der Waals surface area contributed by atoms with E-state index in [0.29, 0.717) is 38.6 Å². The average molecular weight is 577 g/mol. The van der Waals surface area contributed by atoms with E-state index in [4.69, 9.17) is 30.5 Å². The molecule has 0 aliphatic carbocycles. The van der Waals surface area contributed by atoms with E-state index < -0.39 is 18.0 Å². The quantitative estimate of drug-likeness (QED) is 0.182. The average Bonchev–Trinajstić information content (AvgIpc) is 2.99. The van der Waals surface area contributed by atoms with Gasteiger partial charge < -0.3 is 24.3 Å². The van der Waals surface area contributed by atoms with Crippen LogP contribution in [0.4, 0.5) is 0 Å². The third kappa shape index (κ3) is 7.32. The number of carbonyl (C=O) groups is 3. The number of esters is 2. The molecule has 0 radical (unpaired) electrons. The van der Waals surface area contributed by atoms with E-state index in [1.807, 2.05) is 30.3 Å². The Bertz CT molecular complexity index is 1560. The maximum Gasteiger partial charge on any atom is 0.311 e. The maximum absolute atomic E-state index is 13.0. The fourth-order valence-corrected chi connectivity index (χ4v) is 4.54. The standard InChI is InChI=1S/C31H29ClN2O7/c1-19(35)34-29(21-11-12-25(38-2)26(16-21)39-3)23-17-24(32)22-10-7-15-33-30(22)31(23)41-28(37)14-13-27(36)40-18-20-8-5-4-6-9-20/h4-12,15-17,29H,13-14,18H2,1-3H3,(H,34,35). The molecule has 212 valence electrons. The number of carbonyl (C=O) groups excluding carboxylic acids is 3. The molecule has 0 saturated carbocycles. The SMILES string of the molecule is COc1ccc(C(NC(C)=O)c2cc(Cl)c3cccnc3c2OC(=O)CCC(=O)OCc2ccccc2)cc1OC. The van der Waals surface area contributed by atoms with E-state index in [1.165, 1.54) is 21.1 Å². The highest BCUT2D eigenvalue weighted by Crippen LogP contribution is 2.41. The van der Waals surface area contributed by atoms with Crippen molar-refractivity contribution in [1.29, 1.82) is 0 Å². The van der Waals surface area contributed by atoms with Crippen LogP contribution in [0.3, 0.4) is 0 Å². The first-order chi connectivity index (χ1) is 19.8. The van der Waals surface area contributed by atoms with Crippen LogP contribution in [0, 0.1) is 0 Å². The summed E-state index contributed by atoms with van der Waals surface area (Å²) in [6.07, 6.45) is 1.14. The van der Waals surface area contributed by atoms with Gasteiger partial charge in [0.05, 0.1) is 38.1 Å². The fraction of sp³-hybridized carbons (Fsp3) is 0.226. The van der Waals surface area contributed by atoms with Gasteiger partial charge in [0.1, 0.15) is 12.1 Å². The number of nitrogens with zero attached hydrogens (tertiary/aromatic N) is 1. The van der Waals surface area contributed by atoms with Gasteiger partial charge in [-0.1, -0.05) is 48.0 Å². The van der Waals surface area contributed by atoms with Gasteiger partial charge in [-0.05, 0) is 41.5 Å². The Morgan fingerprint density at radius 3 is 2.34 bits per heavy atom. The highest BCUT2D eigenvalue weighted by Gasteiger charge is 2.26. The van der Waals surface area contributed by atoms with Crippen LogP contribution >= 0.6 is 11.6 Å². The van der Waals surface area contributed by atoms with Gasteiger partial charge >= 0.3 is 11.9 Å². The molecule has 10 heteroatoms. The van der Waals surface area contributed by atoms with Crippen molar-refractivity contribution in [2.24, 2.45) is 0 Å². The third-order valence-electron chi connectivity index (χ3n) is 6.22. The number of ether oxygens (including phenoxy) is 4. The summed E-state index contributed by atoms with van der Waals surface area (Å²) < 4.78 is 21.9. The van der Waals surface area contributed by atoms with E-state index in [0.717, 1.165) is 5.56 Å². The van der Waals surface area contributed by atoms with Gasteiger partial charge in [-0.2, -0.15) is 0 Å². The largest absolute Gasteiger partial charge is 0.493 e. The Labute approximate surface area is 242 Å². The minimum atomic E-state index is -0.796. The molecule has 1 aromatic heterocycles. The number of fused-ring (bicyclic) bond motifs is 1. The van der Waals surface area contributed by atoms with Crippen molar-refractivity contribution < 1.29 is 33.3 Å². The van der Waals surface area contributed by atoms with Gasteiger partial charge in [0.25, 0.3) is 0 Å². The number of hydrogen-bond acceptors (Lipinski definition) is 8. The first-order valence-electron chi connectivity index (χ1n) is 12.8. The van der Waals surface area contributed by atoms with E-state index in [9.17, 15) is 14.4 Å². The molecule has 1 heterocycles. The second-order valence-electron chi connectivity index (χ2n) is 9.04.